The predicted octanol–water partition coefficient (Wildman–Crippen LogP) is 3.80. The van der Waals surface area contributed by atoms with E-state index in [0.29, 0.717) is 29.2 Å². The summed E-state index contributed by atoms with van der Waals surface area (Å²) in [6, 6.07) is 3.36. The van der Waals surface area contributed by atoms with E-state index >= 15 is 0 Å². The highest BCUT2D eigenvalue weighted by atomic mass is 35.5. The van der Waals surface area contributed by atoms with Crippen LogP contribution in [0.25, 0.3) is 11.1 Å². The lowest BCUT2D eigenvalue weighted by Crippen LogP contribution is -2.19. The molecule has 8 nitrogen and oxygen atoms in total. The maximum atomic E-state index is 14.8. The molecule has 0 aliphatic carbocycles. The number of alkyl halides is 1. The number of hydrogen-bond donors (Lipinski definition) is 1. The first-order valence-corrected chi connectivity index (χ1v) is 10.2. The van der Waals surface area contributed by atoms with Crippen LogP contribution in [-0.2, 0) is 10.4 Å². The van der Waals surface area contributed by atoms with E-state index in [1.54, 1.807) is 12.1 Å². The summed E-state index contributed by atoms with van der Waals surface area (Å²) >= 11 is 7.04. The van der Waals surface area contributed by atoms with Gasteiger partial charge in [-0.15, -0.1) is 10.2 Å². The van der Waals surface area contributed by atoms with Gasteiger partial charge in [0.25, 0.3) is 5.91 Å². The van der Waals surface area contributed by atoms with Gasteiger partial charge in [-0.1, -0.05) is 22.9 Å². The number of methoxy groups -OCH3 is 1. The molecule has 3 aromatic heterocycles. The van der Waals surface area contributed by atoms with Gasteiger partial charge in [-0.05, 0) is 19.1 Å². The molecule has 0 aromatic carbocycles. The van der Waals surface area contributed by atoms with Crippen molar-refractivity contribution in [1.29, 1.82) is 0 Å². The maximum absolute atomic E-state index is 14.8. The number of aryl methyl sites for hydroxylation is 1. The minimum Gasteiger partial charge on any atom is -0.494 e. The summed E-state index contributed by atoms with van der Waals surface area (Å²) in [6.07, 6.45) is 3.15. The molecule has 0 spiro atoms. The fourth-order valence-corrected chi connectivity index (χ4v) is 4.07. The van der Waals surface area contributed by atoms with E-state index in [-0.39, 0.29) is 33.9 Å². The minimum atomic E-state index is -1.67. The highest BCUT2D eigenvalue weighted by Gasteiger charge is 2.40. The number of rotatable bonds is 5. The average molecular weight is 450 g/mol. The average Bonchev–Trinajstić information content (AvgIpc) is 3.38. The third-order valence-electron chi connectivity index (χ3n) is 4.63. The van der Waals surface area contributed by atoms with Crippen LogP contribution >= 0.6 is 22.9 Å². The van der Waals surface area contributed by atoms with Crippen molar-refractivity contribution in [2.24, 2.45) is 0 Å². The molecule has 1 amide bonds. The number of pyridine rings is 2. The van der Waals surface area contributed by atoms with E-state index in [1.165, 1.54) is 19.5 Å². The van der Waals surface area contributed by atoms with Crippen molar-refractivity contribution in [3.63, 3.8) is 0 Å². The van der Waals surface area contributed by atoms with E-state index < -0.39 is 11.6 Å². The summed E-state index contributed by atoms with van der Waals surface area (Å²) in [5, 5.41) is 11.1. The van der Waals surface area contributed by atoms with Gasteiger partial charge in [0.05, 0.1) is 32.1 Å². The van der Waals surface area contributed by atoms with Crippen molar-refractivity contribution in [3.05, 3.63) is 45.9 Å². The van der Waals surface area contributed by atoms with Crippen molar-refractivity contribution in [2.45, 2.75) is 19.0 Å². The van der Waals surface area contributed by atoms with Crippen LogP contribution in [0.5, 0.6) is 5.75 Å². The second kappa shape index (κ2) is 8.21. The topological polar surface area (TPSA) is 99.1 Å². The van der Waals surface area contributed by atoms with Gasteiger partial charge in [-0.25, -0.2) is 9.37 Å². The largest absolute Gasteiger partial charge is 0.494 e. The summed E-state index contributed by atoms with van der Waals surface area (Å²) in [6.45, 7) is 2.07. The summed E-state index contributed by atoms with van der Waals surface area (Å²) in [7, 11) is 1.50. The van der Waals surface area contributed by atoms with Gasteiger partial charge >= 0.3 is 0 Å². The number of nitrogens with zero attached hydrogens (tertiary/aromatic N) is 4. The molecular formula is C19H17ClFN5O3S. The van der Waals surface area contributed by atoms with E-state index in [2.05, 4.69) is 25.5 Å². The third-order valence-corrected chi connectivity index (χ3v) is 5.86. The molecule has 0 bridgehead atoms. The molecular weight excluding hydrogens is 433 g/mol. The third kappa shape index (κ3) is 3.98. The van der Waals surface area contributed by atoms with Gasteiger partial charge in [0.1, 0.15) is 10.9 Å². The van der Waals surface area contributed by atoms with Crippen molar-refractivity contribution >= 4 is 34.0 Å². The van der Waals surface area contributed by atoms with Crippen LogP contribution in [0, 0.1) is 6.92 Å². The van der Waals surface area contributed by atoms with Crippen LogP contribution in [0.3, 0.4) is 0 Å². The molecule has 1 aliphatic heterocycles. The zero-order valence-electron chi connectivity index (χ0n) is 16.1. The van der Waals surface area contributed by atoms with Crippen LogP contribution in [-0.4, -0.2) is 46.4 Å². The van der Waals surface area contributed by atoms with Gasteiger partial charge in [-0.3, -0.25) is 15.1 Å². The van der Waals surface area contributed by atoms with Crippen molar-refractivity contribution in [1.82, 2.24) is 20.2 Å². The number of nitrogens with one attached hydrogen (secondary N) is 1. The van der Waals surface area contributed by atoms with E-state index in [9.17, 15) is 9.18 Å². The Kier molecular flexibility index (Phi) is 5.63. The molecule has 1 saturated heterocycles. The SMILES string of the molecule is COc1cnc(Cl)cc1-c1cc(C)ncc1C(=O)Nc1nnc([C@@]2(F)CCOC2)s1. The molecule has 0 unspecified atom stereocenters. The molecule has 1 N–H and O–H groups in total. The zero-order chi connectivity index (χ0) is 21.3. The Morgan fingerprint density at radius 3 is 2.87 bits per heavy atom. The predicted molar refractivity (Wildman–Crippen MR) is 110 cm³/mol. The molecule has 30 heavy (non-hydrogen) atoms. The molecule has 11 heteroatoms. The molecule has 4 rings (SSSR count). The molecule has 156 valence electrons. The first kappa shape index (κ1) is 20.6. The Balaban J connectivity index is 1.66. The summed E-state index contributed by atoms with van der Waals surface area (Å²) < 4.78 is 25.3. The van der Waals surface area contributed by atoms with E-state index in [0.717, 1.165) is 11.3 Å². The monoisotopic (exact) mass is 449 g/mol. The normalized spacial score (nSPS) is 18.4. The maximum Gasteiger partial charge on any atom is 0.259 e. The number of carbonyl (C=O) groups excluding carboxylic acids is 1. The van der Waals surface area contributed by atoms with Crippen LogP contribution < -0.4 is 10.1 Å². The Hall–Kier alpha value is -2.69. The van der Waals surface area contributed by atoms with Gasteiger partial charge in [0.15, 0.2) is 10.7 Å². The second-order valence-electron chi connectivity index (χ2n) is 6.71. The summed E-state index contributed by atoms with van der Waals surface area (Å²) in [5.74, 6) is -0.0105. The molecule has 4 heterocycles. The zero-order valence-corrected chi connectivity index (χ0v) is 17.7. The van der Waals surface area contributed by atoms with Crippen molar-refractivity contribution < 1.29 is 18.7 Å². The smallest absolute Gasteiger partial charge is 0.259 e. The van der Waals surface area contributed by atoms with Gasteiger partial charge in [0.2, 0.25) is 5.13 Å². The fraction of sp³-hybridized carbons (Fsp3) is 0.316. The van der Waals surface area contributed by atoms with Crippen molar-refractivity contribution in [3.8, 4) is 16.9 Å². The minimum absolute atomic E-state index is 0.0653. The van der Waals surface area contributed by atoms with Crippen LogP contribution in [0.2, 0.25) is 5.15 Å². The summed E-state index contributed by atoms with van der Waals surface area (Å²) in [4.78, 5) is 21.2. The number of aromatic nitrogens is 4. The first-order valence-electron chi connectivity index (χ1n) is 8.98. The Labute approximate surface area is 180 Å². The number of anilines is 1. The number of amides is 1. The fourth-order valence-electron chi connectivity index (χ4n) is 3.08. The van der Waals surface area contributed by atoms with Crippen LogP contribution in [0.1, 0.15) is 27.5 Å². The highest BCUT2D eigenvalue weighted by Crippen LogP contribution is 2.38. The Morgan fingerprint density at radius 2 is 2.13 bits per heavy atom. The quantitative estimate of drug-likeness (QED) is 0.591. The number of halogens is 2. The first-order chi connectivity index (χ1) is 14.4. The van der Waals surface area contributed by atoms with Crippen molar-refractivity contribution in [2.75, 3.05) is 25.6 Å². The van der Waals surface area contributed by atoms with Crippen LogP contribution in [0.4, 0.5) is 9.52 Å². The van der Waals surface area contributed by atoms with Gasteiger partial charge < -0.3 is 9.47 Å². The standard InChI is InChI=1S/C19H17ClFN5O3S/c1-10-5-11(12-6-15(20)23-8-14(12)28-2)13(7-22-10)16(27)24-18-26-25-17(30-18)19(21)3-4-29-9-19/h5-8H,3-4,9H2,1-2H3,(H,24,26,27)/t19-/m1/s1. The number of carbonyl (C=O) groups is 1. The molecule has 1 atom stereocenters. The highest BCUT2D eigenvalue weighted by molar-refractivity contribution is 7.15. The lowest BCUT2D eigenvalue weighted by Gasteiger charge is -2.13. The Morgan fingerprint density at radius 1 is 1.30 bits per heavy atom. The van der Waals surface area contributed by atoms with Crippen LogP contribution in [0.15, 0.2) is 24.5 Å². The van der Waals surface area contributed by atoms with Gasteiger partial charge in [-0.2, -0.15) is 0 Å². The molecule has 3 aromatic rings. The number of hydrogen-bond acceptors (Lipinski definition) is 8. The lowest BCUT2D eigenvalue weighted by atomic mass is 10.0. The molecule has 0 saturated carbocycles. The van der Waals surface area contributed by atoms with Gasteiger partial charge in [0, 0.05) is 29.4 Å². The van der Waals surface area contributed by atoms with E-state index in [4.69, 9.17) is 21.1 Å². The van der Waals surface area contributed by atoms with E-state index in [1.807, 2.05) is 6.92 Å². The molecule has 0 radical (unpaired) electrons. The summed E-state index contributed by atoms with van der Waals surface area (Å²) in [5.41, 5.74) is 0.472. The molecule has 1 aliphatic rings. The Bertz CT molecular complexity index is 1100. The number of ether oxygens (including phenoxy) is 2. The molecule has 1 fully saturated rings. The lowest BCUT2D eigenvalue weighted by molar-refractivity contribution is 0.102. The second-order valence-corrected chi connectivity index (χ2v) is 8.08.